The zero-order chi connectivity index (χ0) is 12.2. The van der Waals surface area contributed by atoms with Crippen LogP contribution in [0.15, 0.2) is 0 Å². The highest BCUT2D eigenvalue weighted by molar-refractivity contribution is 5.84. The van der Waals surface area contributed by atoms with Gasteiger partial charge in [0.15, 0.2) is 0 Å². The van der Waals surface area contributed by atoms with Crippen molar-refractivity contribution in [3.63, 3.8) is 0 Å². The second kappa shape index (κ2) is 3.37. The fraction of sp³-hybridized carbons (Fsp3) is 0.833. The molecule has 2 aliphatic carbocycles. The third kappa shape index (κ3) is 1.68. The third-order valence-corrected chi connectivity index (χ3v) is 4.65. The average Bonchev–Trinajstić information content (AvgIpc) is 2.71. The van der Waals surface area contributed by atoms with E-state index in [2.05, 4.69) is 12.2 Å². The number of carbonyl (C=O) groups excluding carboxylic acids is 1. The topological polar surface area (TPSA) is 69.6 Å². The van der Waals surface area contributed by atoms with E-state index in [0.717, 1.165) is 12.8 Å². The maximum absolute atomic E-state index is 12.0. The van der Waals surface area contributed by atoms with Crippen LogP contribution in [0.5, 0.6) is 0 Å². The van der Waals surface area contributed by atoms with Crippen molar-refractivity contribution >= 4 is 12.0 Å². The Hall–Kier alpha value is -1.26. The van der Waals surface area contributed by atoms with Gasteiger partial charge in [0.2, 0.25) is 5.91 Å². The summed E-state index contributed by atoms with van der Waals surface area (Å²) in [6.07, 6.45) is 2.48. The summed E-state index contributed by atoms with van der Waals surface area (Å²) in [6, 6.07) is 0. The number of piperidine rings is 1. The second-order valence-corrected chi connectivity index (χ2v) is 5.94. The number of carbonyl (C=O) groups is 2. The standard InChI is InChI=1S/C12H18N2O3/c1-12(3-2-4-12)13-10(15)9-7-5-14(11(16)17)6-8(7)9/h7-9H,2-6H2,1H3,(H,13,15)(H,16,17)/t7-,8+,9?. The summed E-state index contributed by atoms with van der Waals surface area (Å²) >= 11 is 0. The molecule has 1 unspecified atom stereocenters. The number of hydrogen-bond acceptors (Lipinski definition) is 2. The van der Waals surface area contributed by atoms with E-state index in [1.54, 1.807) is 0 Å². The lowest BCUT2D eigenvalue weighted by Crippen LogP contribution is -2.52. The van der Waals surface area contributed by atoms with E-state index in [-0.39, 0.29) is 29.2 Å². The predicted octanol–water partition coefficient (Wildman–Crippen LogP) is 0.901. The molecule has 1 aliphatic heterocycles. The molecule has 3 atom stereocenters. The van der Waals surface area contributed by atoms with E-state index < -0.39 is 6.09 Å². The molecule has 2 amide bonds. The number of hydrogen-bond donors (Lipinski definition) is 2. The zero-order valence-electron chi connectivity index (χ0n) is 9.98. The summed E-state index contributed by atoms with van der Waals surface area (Å²) in [6.45, 7) is 3.17. The first-order valence-corrected chi connectivity index (χ1v) is 6.30. The summed E-state index contributed by atoms with van der Waals surface area (Å²) < 4.78 is 0. The van der Waals surface area contributed by atoms with Crippen molar-refractivity contribution in [1.29, 1.82) is 0 Å². The maximum Gasteiger partial charge on any atom is 0.407 e. The highest BCUT2D eigenvalue weighted by Crippen LogP contribution is 2.52. The Balaban J connectivity index is 1.53. The molecule has 0 aromatic rings. The summed E-state index contributed by atoms with van der Waals surface area (Å²) in [5.41, 5.74) is 0.0143. The first-order chi connectivity index (χ1) is 8.00. The van der Waals surface area contributed by atoms with Crippen LogP contribution in [0.2, 0.25) is 0 Å². The molecule has 5 heteroatoms. The minimum atomic E-state index is -0.859. The largest absolute Gasteiger partial charge is 0.465 e. The van der Waals surface area contributed by atoms with Gasteiger partial charge in [-0.15, -0.1) is 0 Å². The Morgan fingerprint density at radius 2 is 1.88 bits per heavy atom. The van der Waals surface area contributed by atoms with E-state index in [4.69, 9.17) is 5.11 Å². The van der Waals surface area contributed by atoms with Crippen molar-refractivity contribution in [2.24, 2.45) is 17.8 Å². The van der Waals surface area contributed by atoms with E-state index in [0.29, 0.717) is 13.1 Å². The van der Waals surface area contributed by atoms with Crippen molar-refractivity contribution in [1.82, 2.24) is 10.2 Å². The van der Waals surface area contributed by atoms with Gasteiger partial charge in [0.25, 0.3) is 0 Å². The van der Waals surface area contributed by atoms with Crippen LogP contribution >= 0.6 is 0 Å². The first kappa shape index (κ1) is 10.9. The number of rotatable bonds is 2. The average molecular weight is 238 g/mol. The molecule has 3 rings (SSSR count). The number of likely N-dealkylation sites (tertiary alicyclic amines) is 1. The van der Waals surface area contributed by atoms with E-state index in [1.807, 2.05) is 0 Å². The molecule has 94 valence electrons. The monoisotopic (exact) mass is 238 g/mol. The molecule has 1 saturated heterocycles. The number of nitrogens with one attached hydrogen (secondary N) is 1. The van der Waals surface area contributed by atoms with Gasteiger partial charge in [-0.2, -0.15) is 0 Å². The van der Waals surface area contributed by atoms with Gasteiger partial charge in [-0.05, 0) is 38.0 Å². The molecule has 2 N–H and O–H groups in total. The minimum Gasteiger partial charge on any atom is -0.465 e. The molecular weight excluding hydrogens is 220 g/mol. The van der Waals surface area contributed by atoms with Crippen LogP contribution in [-0.4, -0.2) is 40.6 Å². The SMILES string of the molecule is CC1(NC(=O)C2[C@H]3CN(C(=O)O)C[C@@H]23)CCC1. The van der Waals surface area contributed by atoms with Crippen LogP contribution in [0.1, 0.15) is 26.2 Å². The first-order valence-electron chi connectivity index (χ1n) is 6.30. The van der Waals surface area contributed by atoms with Crippen LogP contribution in [0.3, 0.4) is 0 Å². The normalized spacial score (nSPS) is 37.0. The molecule has 0 bridgehead atoms. The van der Waals surface area contributed by atoms with Crippen LogP contribution < -0.4 is 5.32 Å². The van der Waals surface area contributed by atoms with Gasteiger partial charge in [-0.3, -0.25) is 4.79 Å². The Labute approximate surface area is 100 Å². The lowest BCUT2D eigenvalue weighted by Gasteiger charge is -2.39. The zero-order valence-corrected chi connectivity index (χ0v) is 9.98. The highest BCUT2D eigenvalue weighted by Gasteiger charge is 2.60. The summed E-state index contributed by atoms with van der Waals surface area (Å²) in [5.74, 6) is 0.764. The van der Waals surface area contributed by atoms with Crippen molar-refractivity contribution in [3.8, 4) is 0 Å². The van der Waals surface area contributed by atoms with E-state index in [9.17, 15) is 9.59 Å². The Bertz CT molecular complexity index is 366. The highest BCUT2D eigenvalue weighted by atomic mass is 16.4. The number of carboxylic acid groups (broad SMARTS) is 1. The Morgan fingerprint density at radius 1 is 1.29 bits per heavy atom. The van der Waals surface area contributed by atoms with Gasteiger partial charge < -0.3 is 15.3 Å². The third-order valence-electron chi connectivity index (χ3n) is 4.65. The van der Waals surface area contributed by atoms with Gasteiger partial charge in [-0.25, -0.2) is 4.79 Å². The quantitative estimate of drug-likeness (QED) is 0.751. The van der Waals surface area contributed by atoms with Gasteiger partial charge in [0, 0.05) is 24.5 Å². The summed E-state index contributed by atoms with van der Waals surface area (Å²) in [4.78, 5) is 24.2. The van der Waals surface area contributed by atoms with Crippen LogP contribution in [0.25, 0.3) is 0 Å². The Kier molecular flexibility index (Phi) is 2.15. The fourth-order valence-electron chi connectivity index (χ4n) is 3.28. The summed E-state index contributed by atoms with van der Waals surface area (Å²) in [7, 11) is 0. The molecule has 1 heterocycles. The van der Waals surface area contributed by atoms with Crippen LogP contribution in [-0.2, 0) is 4.79 Å². The molecule has 0 radical (unpaired) electrons. The fourth-order valence-corrected chi connectivity index (χ4v) is 3.28. The van der Waals surface area contributed by atoms with Crippen molar-refractivity contribution in [3.05, 3.63) is 0 Å². The van der Waals surface area contributed by atoms with Crippen molar-refractivity contribution in [2.75, 3.05) is 13.1 Å². The lowest BCUT2D eigenvalue weighted by molar-refractivity contribution is -0.126. The predicted molar refractivity (Wildman–Crippen MR) is 60.5 cm³/mol. The smallest absolute Gasteiger partial charge is 0.407 e. The lowest BCUT2D eigenvalue weighted by atomic mass is 9.78. The van der Waals surface area contributed by atoms with Crippen molar-refractivity contribution < 1.29 is 14.7 Å². The molecule has 0 aromatic carbocycles. The number of amides is 2. The summed E-state index contributed by atoms with van der Waals surface area (Å²) in [5, 5.41) is 12.0. The molecule has 0 aromatic heterocycles. The van der Waals surface area contributed by atoms with Crippen molar-refractivity contribution in [2.45, 2.75) is 31.7 Å². The molecular formula is C12H18N2O3. The maximum atomic E-state index is 12.0. The molecule has 3 aliphatic rings. The van der Waals surface area contributed by atoms with Gasteiger partial charge in [-0.1, -0.05) is 0 Å². The van der Waals surface area contributed by atoms with E-state index >= 15 is 0 Å². The number of fused-ring (bicyclic) bond motifs is 1. The van der Waals surface area contributed by atoms with Gasteiger partial charge >= 0.3 is 6.09 Å². The minimum absolute atomic E-state index is 0.0143. The van der Waals surface area contributed by atoms with Crippen LogP contribution in [0.4, 0.5) is 4.79 Å². The second-order valence-electron chi connectivity index (χ2n) is 5.94. The molecule has 0 spiro atoms. The van der Waals surface area contributed by atoms with Gasteiger partial charge in [0.1, 0.15) is 0 Å². The number of nitrogens with zero attached hydrogens (tertiary/aromatic N) is 1. The van der Waals surface area contributed by atoms with Gasteiger partial charge in [0.05, 0.1) is 0 Å². The molecule has 3 fully saturated rings. The Morgan fingerprint density at radius 3 is 2.29 bits per heavy atom. The molecule has 2 saturated carbocycles. The molecule has 5 nitrogen and oxygen atoms in total. The van der Waals surface area contributed by atoms with Crippen LogP contribution in [0, 0.1) is 17.8 Å². The molecule has 17 heavy (non-hydrogen) atoms. The van der Waals surface area contributed by atoms with E-state index in [1.165, 1.54) is 11.3 Å².